The number of nitrogens with zero attached hydrogens (tertiary/aromatic N) is 2. The molecule has 1 aliphatic rings. The van der Waals surface area contributed by atoms with Crippen molar-refractivity contribution in [3.8, 4) is 0 Å². The lowest BCUT2D eigenvalue weighted by atomic mass is 9.79. The molecule has 0 aromatic carbocycles. The first kappa shape index (κ1) is 15.7. The SMILES string of the molecule is Cc1cc(C(C)C)nc(NC2(CC(=O)O)CCCCC2)n1. The minimum absolute atomic E-state index is 0.126. The Morgan fingerprint density at radius 1 is 1.33 bits per heavy atom. The van der Waals surface area contributed by atoms with E-state index < -0.39 is 11.5 Å². The molecule has 0 unspecified atom stereocenters. The number of hydrogen-bond acceptors (Lipinski definition) is 4. The van der Waals surface area contributed by atoms with Crippen LogP contribution in [0.4, 0.5) is 5.95 Å². The van der Waals surface area contributed by atoms with Crippen LogP contribution in [0.25, 0.3) is 0 Å². The summed E-state index contributed by atoms with van der Waals surface area (Å²) in [5.41, 5.74) is 1.51. The molecule has 1 heterocycles. The van der Waals surface area contributed by atoms with Gasteiger partial charge in [0.05, 0.1) is 12.0 Å². The molecule has 1 fully saturated rings. The van der Waals surface area contributed by atoms with Gasteiger partial charge in [0, 0.05) is 11.4 Å². The summed E-state index contributed by atoms with van der Waals surface area (Å²) in [5, 5.41) is 12.6. The van der Waals surface area contributed by atoms with Crippen molar-refractivity contribution in [3.63, 3.8) is 0 Å². The Labute approximate surface area is 126 Å². The maximum atomic E-state index is 11.2. The fraction of sp³-hybridized carbons (Fsp3) is 0.688. The number of aromatic nitrogens is 2. The van der Waals surface area contributed by atoms with Crippen LogP contribution in [0.1, 0.15) is 69.7 Å². The van der Waals surface area contributed by atoms with Gasteiger partial charge in [0.2, 0.25) is 5.95 Å². The van der Waals surface area contributed by atoms with Gasteiger partial charge in [-0.2, -0.15) is 0 Å². The summed E-state index contributed by atoms with van der Waals surface area (Å²) in [6, 6.07) is 1.99. The first-order valence-electron chi connectivity index (χ1n) is 7.76. The van der Waals surface area contributed by atoms with Gasteiger partial charge in [-0.05, 0) is 31.7 Å². The highest BCUT2D eigenvalue weighted by Crippen LogP contribution is 2.34. The molecule has 2 rings (SSSR count). The molecule has 1 aromatic rings. The maximum Gasteiger partial charge on any atom is 0.305 e. The van der Waals surface area contributed by atoms with Crippen molar-refractivity contribution < 1.29 is 9.90 Å². The predicted octanol–water partition coefficient (Wildman–Crippen LogP) is 3.50. The summed E-state index contributed by atoms with van der Waals surface area (Å²) in [7, 11) is 0. The molecule has 0 saturated heterocycles. The van der Waals surface area contributed by atoms with Crippen LogP contribution in [-0.2, 0) is 4.79 Å². The highest BCUT2D eigenvalue weighted by atomic mass is 16.4. The number of aryl methyl sites for hydroxylation is 1. The second-order valence-electron chi connectivity index (χ2n) is 6.45. The van der Waals surface area contributed by atoms with Crippen LogP contribution in [0, 0.1) is 6.92 Å². The normalized spacial score (nSPS) is 17.7. The van der Waals surface area contributed by atoms with Crippen LogP contribution in [0.5, 0.6) is 0 Å². The Hall–Kier alpha value is -1.65. The van der Waals surface area contributed by atoms with E-state index in [0.29, 0.717) is 11.9 Å². The van der Waals surface area contributed by atoms with Crippen molar-refractivity contribution in [1.82, 2.24) is 9.97 Å². The van der Waals surface area contributed by atoms with E-state index >= 15 is 0 Å². The first-order chi connectivity index (χ1) is 9.90. The third-order valence-electron chi connectivity index (χ3n) is 4.14. The van der Waals surface area contributed by atoms with Crippen molar-refractivity contribution in [1.29, 1.82) is 0 Å². The van der Waals surface area contributed by atoms with Gasteiger partial charge in [-0.15, -0.1) is 0 Å². The van der Waals surface area contributed by atoms with Gasteiger partial charge >= 0.3 is 5.97 Å². The number of hydrogen-bond donors (Lipinski definition) is 2. The first-order valence-corrected chi connectivity index (χ1v) is 7.76. The van der Waals surface area contributed by atoms with E-state index in [9.17, 15) is 9.90 Å². The van der Waals surface area contributed by atoms with Gasteiger partial charge in [0.25, 0.3) is 0 Å². The Morgan fingerprint density at radius 2 is 2.00 bits per heavy atom. The number of aliphatic carboxylic acids is 1. The zero-order valence-electron chi connectivity index (χ0n) is 13.1. The Kier molecular flexibility index (Phi) is 4.80. The number of carbonyl (C=O) groups is 1. The zero-order chi connectivity index (χ0) is 15.5. The molecule has 1 saturated carbocycles. The van der Waals surface area contributed by atoms with Gasteiger partial charge in [0.15, 0.2) is 0 Å². The summed E-state index contributed by atoms with van der Waals surface area (Å²) >= 11 is 0. The molecular weight excluding hydrogens is 266 g/mol. The van der Waals surface area contributed by atoms with Crippen LogP contribution in [0.2, 0.25) is 0 Å². The van der Waals surface area contributed by atoms with Gasteiger partial charge in [-0.1, -0.05) is 33.1 Å². The van der Waals surface area contributed by atoms with Crippen molar-refractivity contribution in [3.05, 3.63) is 17.5 Å². The molecule has 5 heteroatoms. The highest BCUT2D eigenvalue weighted by molar-refractivity contribution is 5.69. The average Bonchev–Trinajstić information content (AvgIpc) is 2.37. The van der Waals surface area contributed by atoms with Crippen LogP contribution >= 0.6 is 0 Å². The highest BCUT2D eigenvalue weighted by Gasteiger charge is 2.35. The second-order valence-corrected chi connectivity index (χ2v) is 6.45. The molecular formula is C16H25N3O2. The molecule has 1 aliphatic carbocycles. The molecule has 0 aliphatic heterocycles. The van der Waals surface area contributed by atoms with Crippen molar-refractivity contribution >= 4 is 11.9 Å². The molecule has 116 valence electrons. The minimum atomic E-state index is -0.763. The lowest BCUT2D eigenvalue weighted by Gasteiger charge is -2.37. The van der Waals surface area contributed by atoms with Crippen LogP contribution in [0.3, 0.4) is 0 Å². The summed E-state index contributed by atoms with van der Waals surface area (Å²) in [5.74, 6) is 0.136. The molecule has 0 amide bonds. The molecule has 21 heavy (non-hydrogen) atoms. The standard InChI is InChI=1S/C16H25N3O2/c1-11(2)13-9-12(3)17-15(18-13)19-16(10-14(20)21)7-5-4-6-8-16/h9,11H,4-8,10H2,1-3H3,(H,20,21)(H,17,18,19). The largest absolute Gasteiger partial charge is 0.481 e. The number of carboxylic acids is 1. The van der Waals surface area contributed by atoms with E-state index in [-0.39, 0.29) is 6.42 Å². The number of anilines is 1. The monoisotopic (exact) mass is 291 g/mol. The van der Waals surface area contributed by atoms with Crippen molar-refractivity contribution in [2.45, 2.75) is 70.8 Å². The van der Waals surface area contributed by atoms with Gasteiger partial charge in [0.1, 0.15) is 0 Å². The topological polar surface area (TPSA) is 75.1 Å². The quantitative estimate of drug-likeness (QED) is 0.868. The smallest absolute Gasteiger partial charge is 0.305 e. The lowest BCUT2D eigenvalue weighted by molar-refractivity contribution is -0.138. The van der Waals surface area contributed by atoms with Crippen LogP contribution < -0.4 is 5.32 Å². The van der Waals surface area contributed by atoms with E-state index in [4.69, 9.17) is 0 Å². The molecule has 2 N–H and O–H groups in total. The molecule has 0 radical (unpaired) electrons. The Balaban J connectivity index is 2.25. The van der Waals surface area contributed by atoms with Crippen molar-refractivity contribution in [2.24, 2.45) is 0 Å². The third-order valence-corrected chi connectivity index (χ3v) is 4.14. The summed E-state index contributed by atoms with van der Waals surface area (Å²) in [6.45, 7) is 6.14. The van der Waals surface area contributed by atoms with Gasteiger partial charge < -0.3 is 10.4 Å². The zero-order valence-corrected chi connectivity index (χ0v) is 13.1. The second kappa shape index (κ2) is 6.41. The Bertz CT molecular complexity index is 508. The maximum absolute atomic E-state index is 11.2. The van der Waals surface area contributed by atoms with E-state index in [1.54, 1.807) is 0 Å². The predicted molar refractivity (Wildman–Crippen MR) is 82.5 cm³/mol. The third kappa shape index (κ3) is 4.16. The summed E-state index contributed by atoms with van der Waals surface area (Å²) in [6.07, 6.45) is 5.16. The van der Waals surface area contributed by atoms with E-state index in [0.717, 1.165) is 37.1 Å². The average molecular weight is 291 g/mol. The molecule has 0 bridgehead atoms. The molecule has 1 aromatic heterocycles. The fourth-order valence-corrected chi connectivity index (χ4v) is 3.05. The minimum Gasteiger partial charge on any atom is -0.481 e. The Morgan fingerprint density at radius 3 is 2.57 bits per heavy atom. The number of nitrogens with one attached hydrogen (secondary N) is 1. The number of rotatable bonds is 5. The van der Waals surface area contributed by atoms with Gasteiger partial charge in [-0.3, -0.25) is 4.79 Å². The van der Waals surface area contributed by atoms with Crippen molar-refractivity contribution in [2.75, 3.05) is 5.32 Å². The van der Waals surface area contributed by atoms with E-state index in [1.165, 1.54) is 6.42 Å². The molecule has 0 atom stereocenters. The molecule has 0 spiro atoms. The van der Waals surface area contributed by atoms with Crippen LogP contribution in [0.15, 0.2) is 6.07 Å². The lowest BCUT2D eigenvalue weighted by Crippen LogP contribution is -2.43. The summed E-state index contributed by atoms with van der Waals surface area (Å²) in [4.78, 5) is 20.2. The summed E-state index contributed by atoms with van der Waals surface area (Å²) < 4.78 is 0. The van der Waals surface area contributed by atoms with E-state index in [1.807, 2.05) is 13.0 Å². The number of carboxylic acid groups (broad SMARTS) is 1. The van der Waals surface area contributed by atoms with E-state index in [2.05, 4.69) is 29.1 Å². The fourth-order valence-electron chi connectivity index (χ4n) is 3.05. The van der Waals surface area contributed by atoms with Gasteiger partial charge in [-0.25, -0.2) is 9.97 Å². The van der Waals surface area contributed by atoms with Crippen LogP contribution in [-0.4, -0.2) is 26.6 Å². The molecule has 5 nitrogen and oxygen atoms in total.